The molecule has 1 aromatic carbocycles. The average Bonchev–Trinajstić information content (AvgIpc) is 2.45. The quantitative estimate of drug-likeness (QED) is 0.591. The van der Waals surface area contributed by atoms with Crippen LogP contribution in [0.15, 0.2) is 12.1 Å². The van der Waals surface area contributed by atoms with Gasteiger partial charge in [-0.25, -0.2) is 0 Å². The van der Waals surface area contributed by atoms with Crippen LogP contribution in [0.3, 0.4) is 0 Å². The zero-order valence-corrected chi connectivity index (χ0v) is 16.5. The number of phenols is 1. The van der Waals surface area contributed by atoms with Crippen molar-refractivity contribution in [3.63, 3.8) is 0 Å². The molecular weight excluding hydrogens is 494 g/mol. The largest absolute Gasteiger partial charge is 0.507 e. The van der Waals surface area contributed by atoms with Gasteiger partial charge < -0.3 is 15.1 Å². The summed E-state index contributed by atoms with van der Waals surface area (Å²) >= 11 is 4.49. The molecule has 1 fully saturated rings. The standard InChI is InChI=1S/C15H22I2N2O2/c1-18(6-7-20)13-2-4-19(5-3-13)10-11-8-12(16)9-14(17)15(11)21/h8-9,13,20-21H,2-7,10H2,1H3. The maximum atomic E-state index is 10.2. The van der Waals surface area contributed by atoms with Crippen molar-refractivity contribution in [1.29, 1.82) is 0 Å². The first-order valence-electron chi connectivity index (χ1n) is 7.21. The number of aliphatic hydroxyl groups excluding tert-OH is 1. The van der Waals surface area contributed by atoms with E-state index < -0.39 is 0 Å². The van der Waals surface area contributed by atoms with Gasteiger partial charge in [0.2, 0.25) is 0 Å². The van der Waals surface area contributed by atoms with E-state index in [9.17, 15) is 5.11 Å². The fraction of sp³-hybridized carbons (Fsp3) is 0.600. The predicted molar refractivity (Wildman–Crippen MR) is 102 cm³/mol. The Bertz CT molecular complexity index is 477. The third-order valence-electron chi connectivity index (χ3n) is 4.13. The lowest BCUT2D eigenvalue weighted by Crippen LogP contribution is -2.43. The van der Waals surface area contributed by atoms with Crippen LogP contribution >= 0.6 is 45.2 Å². The van der Waals surface area contributed by atoms with Crippen molar-refractivity contribution in [2.45, 2.75) is 25.4 Å². The van der Waals surface area contributed by atoms with Crippen LogP contribution in [-0.2, 0) is 6.54 Å². The van der Waals surface area contributed by atoms with Crippen LogP contribution in [0.5, 0.6) is 5.75 Å². The lowest BCUT2D eigenvalue weighted by molar-refractivity contribution is 0.107. The summed E-state index contributed by atoms with van der Waals surface area (Å²) < 4.78 is 2.09. The highest BCUT2D eigenvalue weighted by Crippen LogP contribution is 2.29. The van der Waals surface area contributed by atoms with Crippen molar-refractivity contribution in [3.8, 4) is 5.75 Å². The number of hydrogen-bond acceptors (Lipinski definition) is 4. The molecule has 4 nitrogen and oxygen atoms in total. The maximum Gasteiger partial charge on any atom is 0.133 e. The van der Waals surface area contributed by atoms with Gasteiger partial charge in [0.25, 0.3) is 0 Å². The molecule has 0 radical (unpaired) electrons. The van der Waals surface area contributed by atoms with Gasteiger partial charge in [-0.3, -0.25) is 4.90 Å². The Morgan fingerprint density at radius 2 is 1.95 bits per heavy atom. The molecule has 6 heteroatoms. The topological polar surface area (TPSA) is 46.9 Å². The molecule has 1 aliphatic heterocycles. The van der Waals surface area contributed by atoms with E-state index in [0.29, 0.717) is 11.8 Å². The molecule has 0 atom stereocenters. The molecule has 0 spiro atoms. The summed E-state index contributed by atoms with van der Waals surface area (Å²) in [5.74, 6) is 0.426. The summed E-state index contributed by atoms with van der Waals surface area (Å²) in [6.45, 7) is 3.88. The normalized spacial score (nSPS) is 17.6. The number of aromatic hydroxyl groups is 1. The number of aliphatic hydroxyl groups is 1. The monoisotopic (exact) mass is 516 g/mol. The second-order valence-corrected chi connectivity index (χ2v) is 8.01. The number of likely N-dealkylation sites (tertiary alicyclic amines) is 1. The molecule has 0 unspecified atom stereocenters. The third kappa shape index (κ3) is 4.92. The summed E-state index contributed by atoms with van der Waals surface area (Å²) in [6, 6.07) is 4.64. The van der Waals surface area contributed by atoms with Gasteiger partial charge in [0.05, 0.1) is 10.2 Å². The van der Waals surface area contributed by atoms with Crippen LogP contribution in [0, 0.1) is 7.14 Å². The number of likely N-dealkylation sites (N-methyl/N-ethyl adjacent to an activating group) is 1. The lowest BCUT2D eigenvalue weighted by atomic mass is 10.0. The van der Waals surface area contributed by atoms with Gasteiger partial charge in [-0.1, -0.05) is 0 Å². The first-order chi connectivity index (χ1) is 10.0. The molecule has 118 valence electrons. The molecule has 21 heavy (non-hydrogen) atoms. The van der Waals surface area contributed by atoms with Gasteiger partial charge in [0.15, 0.2) is 0 Å². The first kappa shape index (κ1) is 17.7. The Balaban J connectivity index is 1.92. The van der Waals surface area contributed by atoms with Gasteiger partial charge in [-0.05, 0) is 90.3 Å². The minimum atomic E-state index is 0.228. The smallest absolute Gasteiger partial charge is 0.133 e. The molecule has 0 amide bonds. The Labute approximate surface area is 153 Å². The number of hydrogen-bond donors (Lipinski definition) is 2. The second-order valence-electron chi connectivity index (χ2n) is 5.61. The van der Waals surface area contributed by atoms with Crippen LogP contribution in [-0.4, -0.2) is 59.3 Å². The van der Waals surface area contributed by atoms with E-state index >= 15 is 0 Å². The Kier molecular flexibility index (Phi) is 6.98. The van der Waals surface area contributed by atoms with Crippen LogP contribution < -0.4 is 0 Å². The van der Waals surface area contributed by atoms with Gasteiger partial charge in [0.1, 0.15) is 5.75 Å². The average molecular weight is 516 g/mol. The molecule has 0 aliphatic carbocycles. The van der Waals surface area contributed by atoms with Crippen LogP contribution in [0.25, 0.3) is 0 Å². The maximum absolute atomic E-state index is 10.2. The highest BCUT2D eigenvalue weighted by atomic mass is 127. The highest BCUT2D eigenvalue weighted by Gasteiger charge is 2.23. The summed E-state index contributed by atoms with van der Waals surface area (Å²) in [5.41, 5.74) is 1.02. The SMILES string of the molecule is CN(CCO)C1CCN(Cc2cc(I)cc(I)c2O)CC1. The summed E-state index contributed by atoms with van der Waals surface area (Å²) in [7, 11) is 2.09. The summed E-state index contributed by atoms with van der Waals surface area (Å²) in [4.78, 5) is 4.66. The Morgan fingerprint density at radius 1 is 1.29 bits per heavy atom. The minimum Gasteiger partial charge on any atom is -0.507 e. The van der Waals surface area contributed by atoms with Gasteiger partial charge in [0, 0.05) is 28.3 Å². The van der Waals surface area contributed by atoms with E-state index in [2.05, 4.69) is 68.1 Å². The van der Waals surface area contributed by atoms with Crippen molar-refractivity contribution in [3.05, 3.63) is 24.8 Å². The number of nitrogens with zero attached hydrogens (tertiary/aromatic N) is 2. The van der Waals surface area contributed by atoms with Crippen LogP contribution in [0.1, 0.15) is 18.4 Å². The molecule has 1 saturated heterocycles. The molecule has 0 saturated carbocycles. The number of rotatable bonds is 5. The number of piperidine rings is 1. The molecule has 0 aromatic heterocycles. The van der Waals surface area contributed by atoms with E-state index in [1.54, 1.807) is 0 Å². The zero-order chi connectivity index (χ0) is 15.4. The molecule has 2 N–H and O–H groups in total. The highest BCUT2D eigenvalue weighted by molar-refractivity contribution is 14.1. The predicted octanol–water partition coefficient (Wildman–Crippen LogP) is 2.49. The molecule has 2 rings (SSSR count). The lowest BCUT2D eigenvalue weighted by Gasteiger charge is -2.36. The summed E-state index contributed by atoms with van der Waals surface area (Å²) in [5, 5.41) is 19.2. The van der Waals surface area contributed by atoms with Crippen LogP contribution in [0.2, 0.25) is 0 Å². The van der Waals surface area contributed by atoms with E-state index in [1.165, 1.54) is 3.57 Å². The van der Waals surface area contributed by atoms with Gasteiger partial charge in [-0.15, -0.1) is 0 Å². The first-order valence-corrected chi connectivity index (χ1v) is 9.37. The molecule has 1 aliphatic rings. The van der Waals surface area contributed by atoms with E-state index in [4.69, 9.17) is 5.11 Å². The summed E-state index contributed by atoms with van der Waals surface area (Å²) in [6.07, 6.45) is 2.25. The second kappa shape index (κ2) is 8.28. The van der Waals surface area contributed by atoms with E-state index in [-0.39, 0.29) is 6.61 Å². The Morgan fingerprint density at radius 3 is 2.57 bits per heavy atom. The zero-order valence-electron chi connectivity index (χ0n) is 12.2. The van der Waals surface area contributed by atoms with Crippen molar-refractivity contribution < 1.29 is 10.2 Å². The molecule has 0 bridgehead atoms. The van der Waals surface area contributed by atoms with E-state index in [1.807, 2.05) is 6.07 Å². The molecule has 1 heterocycles. The van der Waals surface area contributed by atoms with Gasteiger partial charge in [-0.2, -0.15) is 0 Å². The van der Waals surface area contributed by atoms with Crippen molar-refractivity contribution in [2.24, 2.45) is 0 Å². The van der Waals surface area contributed by atoms with E-state index in [0.717, 1.165) is 48.2 Å². The fourth-order valence-electron chi connectivity index (χ4n) is 2.84. The van der Waals surface area contributed by atoms with Crippen LogP contribution in [0.4, 0.5) is 0 Å². The molecular formula is C15H22I2N2O2. The number of benzene rings is 1. The third-order valence-corrected chi connectivity index (χ3v) is 5.58. The molecule has 1 aromatic rings. The number of halogens is 2. The van der Waals surface area contributed by atoms with Gasteiger partial charge >= 0.3 is 0 Å². The minimum absolute atomic E-state index is 0.228. The number of phenolic OH excluding ortho intramolecular Hbond substituents is 1. The Hall–Kier alpha value is 0.360. The van der Waals surface area contributed by atoms with Crippen molar-refractivity contribution >= 4 is 45.2 Å². The van der Waals surface area contributed by atoms with Crippen molar-refractivity contribution in [1.82, 2.24) is 9.80 Å². The fourth-order valence-corrected chi connectivity index (χ4v) is 4.80. The van der Waals surface area contributed by atoms with Crippen molar-refractivity contribution in [2.75, 3.05) is 33.3 Å².